The van der Waals surface area contributed by atoms with Crippen molar-refractivity contribution in [2.24, 2.45) is 5.41 Å². The van der Waals surface area contributed by atoms with E-state index in [2.05, 4.69) is 36.1 Å². The minimum Gasteiger partial charge on any atom is -0.319 e. The van der Waals surface area contributed by atoms with Crippen LogP contribution >= 0.6 is 0 Å². The molecule has 0 radical (unpaired) electrons. The quantitative estimate of drug-likeness (QED) is 0.868. The standard InChI is InChI=1S/C15H27N3/c1-15(2,12-16-3)11-13-9-10-18(17-13)14-7-5-4-6-8-14/h9-10,14,16H,4-8,11-12H2,1-3H3. The topological polar surface area (TPSA) is 29.9 Å². The van der Waals surface area contributed by atoms with Crippen molar-refractivity contribution in [2.45, 2.75) is 58.4 Å². The van der Waals surface area contributed by atoms with Gasteiger partial charge in [-0.25, -0.2) is 0 Å². The van der Waals surface area contributed by atoms with Crippen LogP contribution in [0.4, 0.5) is 0 Å². The van der Waals surface area contributed by atoms with E-state index in [-0.39, 0.29) is 5.41 Å². The summed E-state index contributed by atoms with van der Waals surface area (Å²) in [6, 6.07) is 2.85. The summed E-state index contributed by atoms with van der Waals surface area (Å²) in [5.41, 5.74) is 1.52. The lowest BCUT2D eigenvalue weighted by Gasteiger charge is -2.24. The third-order valence-electron chi connectivity index (χ3n) is 3.93. The van der Waals surface area contributed by atoms with E-state index >= 15 is 0 Å². The second-order valence-corrected chi connectivity index (χ2v) is 6.45. The highest BCUT2D eigenvalue weighted by atomic mass is 15.3. The van der Waals surface area contributed by atoms with Crippen molar-refractivity contribution >= 4 is 0 Å². The molecule has 0 unspecified atom stereocenters. The van der Waals surface area contributed by atoms with Crippen LogP contribution in [-0.4, -0.2) is 23.4 Å². The van der Waals surface area contributed by atoms with E-state index < -0.39 is 0 Å². The van der Waals surface area contributed by atoms with Gasteiger partial charge in [0.25, 0.3) is 0 Å². The molecule has 3 heteroatoms. The molecule has 18 heavy (non-hydrogen) atoms. The molecule has 0 aliphatic heterocycles. The maximum absolute atomic E-state index is 4.79. The third kappa shape index (κ3) is 3.58. The van der Waals surface area contributed by atoms with Crippen molar-refractivity contribution in [3.63, 3.8) is 0 Å². The lowest BCUT2D eigenvalue weighted by molar-refractivity contribution is 0.318. The molecule has 3 nitrogen and oxygen atoms in total. The number of aromatic nitrogens is 2. The van der Waals surface area contributed by atoms with E-state index in [9.17, 15) is 0 Å². The Morgan fingerprint density at radius 3 is 2.72 bits per heavy atom. The summed E-state index contributed by atoms with van der Waals surface area (Å²) < 4.78 is 2.21. The second kappa shape index (κ2) is 5.87. The molecule has 1 aliphatic carbocycles. The largest absolute Gasteiger partial charge is 0.319 e. The van der Waals surface area contributed by atoms with Gasteiger partial charge in [-0.1, -0.05) is 33.1 Å². The Balaban J connectivity index is 1.97. The number of hydrogen-bond acceptors (Lipinski definition) is 2. The molecule has 0 aromatic carbocycles. The number of hydrogen-bond donors (Lipinski definition) is 1. The summed E-state index contributed by atoms with van der Waals surface area (Å²) in [6.07, 6.45) is 9.98. The normalized spacial score (nSPS) is 18.2. The average molecular weight is 249 g/mol. The molecule has 102 valence electrons. The Morgan fingerprint density at radius 1 is 1.33 bits per heavy atom. The summed E-state index contributed by atoms with van der Waals surface area (Å²) in [6.45, 7) is 5.62. The molecular weight excluding hydrogens is 222 g/mol. The van der Waals surface area contributed by atoms with Crippen molar-refractivity contribution in [3.05, 3.63) is 18.0 Å². The monoisotopic (exact) mass is 249 g/mol. The van der Waals surface area contributed by atoms with Crippen LogP contribution in [0.2, 0.25) is 0 Å². The smallest absolute Gasteiger partial charge is 0.0630 e. The first-order valence-corrected chi connectivity index (χ1v) is 7.29. The maximum atomic E-state index is 4.79. The molecule has 0 bridgehead atoms. The molecule has 0 spiro atoms. The van der Waals surface area contributed by atoms with Crippen molar-refractivity contribution in [3.8, 4) is 0 Å². The van der Waals surface area contributed by atoms with Gasteiger partial charge in [-0.3, -0.25) is 4.68 Å². The lowest BCUT2D eigenvalue weighted by Crippen LogP contribution is -2.29. The van der Waals surface area contributed by atoms with Gasteiger partial charge in [-0.05, 0) is 37.8 Å². The average Bonchev–Trinajstić information content (AvgIpc) is 2.77. The van der Waals surface area contributed by atoms with Crippen LogP contribution in [-0.2, 0) is 6.42 Å². The van der Waals surface area contributed by atoms with Gasteiger partial charge in [0, 0.05) is 12.7 Å². The highest BCUT2D eigenvalue weighted by Crippen LogP contribution is 2.28. The molecule has 1 heterocycles. The van der Waals surface area contributed by atoms with E-state index in [4.69, 9.17) is 5.10 Å². The van der Waals surface area contributed by atoms with Crippen LogP contribution in [0, 0.1) is 5.41 Å². The number of nitrogens with zero attached hydrogens (tertiary/aromatic N) is 2. The fraction of sp³-hybridized carbons (Fsp3) is 0.800. The molecular formula is C15H27N3. The van der Waals surface area contributed by atoms with Crippen LogP contribution in [0.5, 0.6) is 0 Å². The fourth-order valence-corrected chi connectivity index (χ4v) is 3.05. The third-order valence-corrected chi connectivity index (χ3v) is 3.93. The van der Waals surface area contributed by atoms with E-state index in [0.717, 1.165) is 13.0 Å². The first-order valence-electron chi connectivity index (χ1n) is 7.29. The molecule has 0 amide bonds. The predicted molar refractivity (Wildman–Crippen MR) is 75.8 cm³/mol. The molecule has 1 aromatic heterocycles. The van der Waals surface area contributed by atoms with Gasteiger partial charge in [-0.15, -0.1) is 0 Å². The molecule has 0 atom stereocenters. The van der Waals surface area contributed by atoms with Crippen molar-refractivity contribution in [1.82, 2.24) is 15.1 Å². The van der Waals surface area contributed by atoms with Gasteiger partial charge in [0.05, 0.1) is 11.7 Å². The first-order chi connectivity index (χ1) is 8.61. The highest BCUT2D eigenvalue weighted by molar-refractivity contribution is 5.03. The molecule has 1 fully saturated rings. The van der Waals surface area contributed by atoms with E-state index in [0.29, 0.717) is 6.04 Å². The Labute approximate surface area is 111 Å². The van der Waals surface area contributed by atoms with Gasteiger partial charge in [0.1, 0.15) is 0 Å². The minimum absolute atomic E-state index is 0.278. The number of nitrogens with one attached hydrogen (secondary N) is 1. The molecule has 1 saturated carbocycles. The van der Waals surface area contributed by atoms with E-state index in [1.165, 1.54) is 37.8 Å². The molecule has 0 saturated heterocycles. The van der Waals surface area contributed by atoms with Crippen LogP contribution in [0.15, 0.2) is 12.3 Å². The number of rotatable bonds is 5. The van der Waals surface area contributed by atoms with Crippen LogP contribution in [0.3, 0.4) is 0 Å². The molecule has 1 aliphatic rings. The Hall–Kier alpha value is -0.830. The van der Waals surface area contributed by atoms with Gasteiger partial charge >= 0.3 is 0 Å². The maximum Gasteiger partial charge on any atom is 0.0630 e. The van der Waals surface area contributed by atoms with Crippen molar-refractivity contribution in [2.75, 3.05) is 13.6 Å². The van der Waals surface area contributed by atoms with E-state index in [1.807, 2.05) is 7.05 Å². The zero-order valence-corrected chi connectivity index (χ0v) is 12.1. The van der Waals surface area contributed by atoms with E-state index in [1.54, 1.807) is 0 Å². The van der Waals surface area contributed by atoms with Crippen LogP contribution in [0.25, 0.3) is 0 Å². The zero-order valence-electron chi connectivity index (χ0n) is 12.1. The van der Waals surface area contributed by atoms with Gasteiger partial charge in [0.15, 0.2) is 0 Å². The summed E-state index contributed by atoms with van der Waals surface area (Å²) in [5.74, 6) is 0. The summed E-state index contributed by atoms with van der Waals surface area (Å²) in [5, 5.41) is 8.05. The molecule has 1 aromatic rings. The first kappa shape index (κ1) is 13.6. The Bertz CT molecular complexity index is 362. The summed E-state index contributed by atoms with van der Waals surface area (Å²) >= 11 is 0. The summed E-state index contributed by atoms with van der Waals surface area (Å²) in [7, 11) is 2.02. The van der Waals surface area contributed by atoms with Crippen molar-refractivity contribution < 1.29 is 0 Å². The summed E-state index contributed by atoms with van der Waals surface area (Å²) in [4.78, 5) is 0. The lowest BCUT2D eigenvalue weighted by atomic mass is 9.88. The second-order valence-electron chi connectivity index (χ2n) is 6.45. The minimum atomic E-state index is 0.278. The Morgan fingerprint density at radius 2 is 2.06 bits per heavy atom. The highest BCUT2D eigenvalue weighted by Gasteiger charge is 2.20. The zero-order chi connectivity index (χ0) is 13.0. The fourth-order valence-electron chi connectivity index (χ4n) is 3.05. The van der Waals surface area contributed by atoms with Gasteiger partial charge in [0.2, 0.25) is 0 Å². The Kier molecular flexibility index (Phi) is 4.44. The van der Waals surface area contributed by atoms with Crippen LogP contribution in [0.1, 0.15) is 57.7 Å². The van der Waals surface area contributed by atoms with Gasteiger partial charge in [-0.2, -0.15) is 5.10 Å². The molecule has 2 rings (SSSR count). The SMILES string of the molecule is CNCC(C)(C)Cc1ccn(C2CCCCC2)n1. The molecule has 1 N–H and O–H groups in total. The van der Waals surface area contributed by atoms with Gasteiger partial charge < -0.3 is 5.32 Å². The van der Waals surface area contributed by atoms with Crippen molar-refractivity contribution in [1.29, 1.82) is 0 Å². The van der Waals surface area contributed by atoms with Crippen LogP contribution < -0.4 is 5.32 Å². The predicted octanol–water partition coefficient (Wildman–Crippen LogP) is 3.18.